The van der Waals surface area contributed by atoms with E-state index in [2.05, 4.69) is 47.6 Å². The van der Waals surface area contributed by atoms with Crippen LogP contribution in [0.15, 0.2) is 77.0 Å². The molecule has 0 radical (unpaired) electrons. The standard InChI is InChI=1S/C31H29ClN8O3/c1-2-3-15-31(39-40-31)16-17-33-26(41)13-14-27(42)36-29-28-24(11-6-12-25(28)37-38-29)20-7-4-9-22(18-20)34-30(43)35-23-10-5-8-21(32)19-23/h1,4-12,18-19H,3,13-17H2,(H,33,41)(H2,34,35,43)(H2,36,37,38,42). The number of carbonyl (C=O) groups is 3. The number of aromatic amines is 1. The third-order valence-electron chi connectivity index (χ3n) is 6.84. The van der Waals surface area contributed by atoms with Crippen LogP contribution in [0.5, 0.6) is 0 Å². The van der Waals surface area contributed by atoms with Gasteiger partial charge in [-0.15, -0.1) is 12.3 Å². The SMILES string of the molecule is C#CCCC1(CCNC(=O)CCC(=O)Nc2n[nH]c3cccc(-c4cccc(NC(=O)Nc5cccc(Cl)c5)c4)c23)N=N1. The maximum atomic E-state index is 12.8. The van der Waals surface area contributed by atoms with Gasteiger partial charge in [0.2, 0.25) is 11.8 Å². The van der Waals surface area contributed by atoms with Gasteiger partial charge in [-0.25, -0.2) is 4.79 Å². The van der Waals surface area contributed by atoms with E-state index in [1.54, 1.807) is 30.3 Å². The van der Waals surface area contributed by atoms with Crippen LogP contribution in [0.4, 0.5) is 22.0 Å². The summed E-state index contributed by atoms with van der Waals surface area (Å²) < 4.78 is 0. The van der Waals surface area contributed by atoms with Crippen molar-refractivity contribution in [1.82, 2.24) is 15.5 Å². The monoisotopic (exact) mass is 596 g/mol. The zero-order valence-electron chi connectivity index (χ0n) is 23.1. The first-order valence-corrected chi connectivity index (χ1v) is 14.1. The maximum Gasteiger partial charge on any atom is 0.323 e. The predicted molar refractivity (Wildman–Crippen MR) is 167 cm³/mol. The number of carbonyl (C=O) groups excluding carboxylic acids is 3. The molecule has 11 nitrogen and oxygen atoms in total. The molecule has 0 unspecified atom stereocenters. The first kappa shape index (κ1) is 29.3. The number of nitrogens with zero attached hydrogens (tertiary/aromatic N) is 3. The molecule has 5 N–H and O–H groups in total. The number of benzene rings is 3. The molecule has 12 heteroatoms. The van der Waals surface area contributed by atoms with Crippen molar-refractivity contribution >= 4 is 57.5 Å². The largest absolute Gasteiger partial charge is 0.356 e. The molecule has 218 valence electrons. The molecule has 4 aromatic rings. The van der Waals surface area contributed by atoms with Crippen LogP contribution in [0.25, 0.3) is 22.0 Å². The van der Waals surface area contributed by atoms with E-state index in [9.17, 15) is 14.4 Å². The van der Waals surface area contributed by atoms with E-state index in [1.807, 2.05) is 36.4 Å². The van der Waals surface area contributed by atoms with Gasteiger partial charge in [0, 0.05) is 55.0 Å². The maximum absolute atomic E-state index is 12.8. The lowest BCUT2D eigenvalue weighted by Gasteiger charge is -2.11. The average molecular weight is 597 g/mol. The van der Waals surface area contributed by atoms with Crippen molar-refractivity contribution in [3.05, 3.63) is 71.8 Å². The van der Waals surface area contributed by atoms with Crippen LogP contribution < -0.4 is 21.3 Å². The molecule has 0 spiro atoms. The number of anilines is 3. The molecule has 2 heterocycles. The number of fused-ring (bicyclic) bond motifs is 1. The topological polar surface area (TPSA) is 153 Å². The molecule has 0 fully saturated rings. The summed E-state index contributed by atoms with van der Waals surface area (Å²) >= 11 is 6.00. The Kier molecular flexibility index (Phi) is 8.98. The Morgan fingerprint density at radius 3 is 2.35 bits per heavy atom. The Hall–Kier alpha value is -5.21. The molecule has 1 aromatic heterocycles. The Morgan fingerprint density at radius 2 is 1.60 bits per heavy atom. The molecular formula is C31H29ClN8O3. The summed E-state index contributed by atoms with van der Waals surface area (Å²) in [5.74, 6) is 2.34. The number of rotatable bonds is 12. The number of amides is 4. The van der Waals surface area contributed by atoms with E-state index in [4.69, 9.17) is 18.0 Å². The first-order valence-electron chi connectivity index (χ1n) is 13.7. The summed E-state index contributed by atoms with van der Waals surface area (Å²) in [7, 11) is 0. The van der Waals surface area contributed by atoms with E-state index >= 15 is 0 Å². The van der Waals surface area contributed by atoms with Crippen molar-refractivity contribution < 1.29 is 14.4 Å². The van der Waals surface area contributed by atoms with Crippen molar-refractivity contribution in [2.75, 3.05) is 22.5 Å². The number of nitrogens with one attached hydrogen (secondary N) is 5. The highest BCUT2D eigenvalue weighted by atomic mass is 35.5. The second-order valence-corrected chi connectivity index (χ2v) is 10.4. The predicted octanol–water partition coefficient (Wildman–Crippen LogP) is 6.33. The van der Waals surface area contributed by atoms with Crippen LogP contribution in [-0.2, 0) is 9.59 Å². The van der Waals surface area contributed by atoms with Gasteiger partial charge < -0.3 is 21.3 Å². The molecule has 4 amide bonds. The van der Waals surface area contributed by atoms with Crippen molar-refractivity contribution in [3.8, 4) is 23.5 Å². The number of hydrogen-bond acceptors (Lipinski definition) is 6. The number of halogens is 1. The minimum absolute atomic E-state index is 0.0134. The molecule has 5 rings (SSSR count). The third-order valence-corrected chi connectivity index (χ3v) is 7.08. The van der Waals surface area contributed by atoms with Crippen LogP contribution in [0.3, 0.4) is 0 Å². The quantitative estimate of drug-likeness (QED) is 0.121. The third kappa shape index (κ3) is 7.75. The van der Waals surface area contributed by atoms with Crippen molar-refractivity contribution in [2.24, 2.45) is 10.2 Å². The Labute approximate surface area is 252 Å². The molecule has 0 atom stereocenters. The fourth-order valence-corrected chi connectivity index (χ4v) is 4.80. The Balaban J connectivity index is 1.19. The Bertz CT molecular complexity index is 1740. The minimum atomic E-state index is -0.464. The fraction of sp³-hybridized carbons (Fsp3) is 0.226. The number of hydrogen-bond donors (Lipinski definition) is 5. The van der Waals surface area contributed by atoms with E-state index in [0.29, 0.717) is 53.4 Å². The summed E-state index contributed by atoms with van der Waals surface area (Å²) in [5, 5.41) is 27.8. The number of urea groups is 1. The molecule has 1 aliphatic heterocycles. The summed E-state index contributed by atoms with van der Waals surface area (Å²) in [4.78, 5) is 37.6. The van der Waals surface area contributed by atoms with E-state index in [1.165, 1.54) is 0 Å². The molecule has 0 aliphatic carbocycles. The van der Waals surface area contributed by atoms with Crippen LogP contribution in [0.2, 0.25) is 5.02 Å². The van der Waals surface area contributed by atoms with Gasteiger partial charge in [0.05, 0.1) is 10.9 Å². The smallest absolute Gasteiger partial charge is 0.323 e. The van der Waals surface area contributed by atoms with Crippen LogP contribution in [0, 0.1) is 12.3 Å². The van der Waals surface area contributed by atoms with Crippen molar-refractivity contribution in [3.63, 3.8) is 0 Å². The van der Waals surface area contributed by atoms with Crippen molar-refractivity contribution in [1.29, 1.82) is 0 Å². The highest BCUT2D eigenvalue weighted by molar-refractivity contribution is 6.30. The number of aromatic nitrogens is 2. The molecule has 0 saturated heterocycles. The molecular weight excluding hydrogens is 568 g/mol. The summed E-state index contributed by atoms with van der Waals surface area (Å²) in [6, 6.07) is 19.4. The molecule has 3 aromatic carbocycles. The van der Waals surface area contributed by atoms with Gasteiger partial charge in [0.1, 0.15) is 0 Å². The number of terminal acetylenes is 1. The zero-order valence-corrected chi connectivity index (χ0v) is 23.9. The highest BCUT2D eigenvalue weighted by Gasteiger charge is 2.38. The Morgan fingerprint density at radius 1 is 0.884 bits per heavy atom. The molecule has 0 bridgehead atoms. The van der Waals surface area contributed by atoms with E-state index in [0.717, 1.165) is 16.6 Å². The highest BCUT2D eigenvalue weighted by Crippen LogP contribution is 2.36. The summed E-state index contributed by atoms with van der Waals surface area (Å²) in [6.45, 7) is 0.404. The lowest BCUT2D eigenvalue weighted by atomic mass is 10.0. The van der Waals surface area contributed by atoms with Gasteiger partial charge in [-0.05, 0) is 47.5 Å². The summed E-state index contributed by atoms with van der Waals surface area (Å²) in [6.07, 6.45) is 7.15. The van der Waals surface area contributed by atoms with Gasteiger partial charge in [-0.2, -0.15) is 15.3 Å². The van der Waals surface area contributed by atoms with Crippen molar-refractivity contribution in [2.45, 2.75) is 37.8 Å². The second-order valence-electron chi connectivity index (χ2n) is 10.0. The fourth-order valence-electron chi connectivity index (χ4n) is 4.61. The zero-order chi connectivity index (χ0) is 30.2. The lowest BCUT2D eigenvalue weighted by molar-refractivity contribution is -0.124. The lowest BCUT2D eigenvalue weighted by Crippen LogP contribution is -2.29. The van der Waals surface area contributed by atoms with E-state index in [-0.39, 0.29) is 24.7 Å². The van der Waals surface area contributed by atoms with Gasteiger partial charge >= 0.3 is 6.03 Å². The molecule has 43 heavy (non-hydrogen) atoms. The van der Waals surface area contributed by atoms with E-state index < -0.39 is 11.7 Å². The molecule has 0 saturated carbocycles. The second kappa shape index (κ2) is 13.2. The van der Waals surface area contributed by atoms with Gasteiger partial charge in [-0.1, -0.05) is 41.9 Å². The number of H-pyrrole nitrogens is 1. The van der Waals surface area contributed by atoms with Gasteiger partial charge in [-0.3, -0.25) is 14.7 Å². The van der Waals surface area contributed by atoms with Gasteiger partial charge in [0.25, 0.3) is 0 Å². The molecule has 1 aliphatic rings. The average Bonchev–Trinajstić information content (AvgIpc) is 3.65. The summed E-state index contributed by atoms with van der Waals surface area (Å²) in [5.41, 5.74) is 2.99. The van der Waals surface area contributed by atoms with Crippen LogP contribution in [-0.4, -0.2) is 40.3 Å². The van der Waals surface area contributed by atoms with Crippen LogP contribution in [0.1, 0.15) is 32.1 Å². The first-order chi connectivity index (χ1) is 20.8. The minimum Gasteiger partial charge on any atom is -0.356 e. The normalized spacial score (nSPS) is 12.7. The van der Waals surface area contributed by atoms with Crippen LogP contribution >= 0.6 is 11.6 Å². The van der Waals surface area contributed by atoms with Gasteiger partial charge in [0.15, 0.2) is 11.5 Å².